The van der Waals surface area contributed by atoms with Crippen molar-refractivity contribution in [2.24, 2.45) is 0 Å². The number of thioether (sulfide) groups is 1. The normalized spacial score (nSPS) is 10.9. The van der Waals surface area contributed by atoms with Gasteiger partial charge in [0.15, 0.2) is 0 Å². The van der Waals surface area contributed by atoms with Gasteiger partial charge in [0.2, 0.25) is 0 Å². The van der Waals surface area contributed by atoms with Crippen molar-refractivity contribution in [2.75, 3.05) is 5.73 Å². The van der Waals surface area contributed by atoms with E-state index < -0.39 is 0 Å². The van der Waals surface area contributed by atoms with Crippen LogP contribution in [0, 0.1) is 11.3 Å². The van der Waals surface area contributed by atoms with Gasteiger partial charge in [0.1, 0.15) is 0 Å². The fourth-order valence-corrected chi connectivity index (χ4v) is 2.46. The van der Waals surface area contributed by atoms with Crippen molar-refractivity contribution in [2.45, 2.75) is 4.90 Å². The highest BCUT2D eigenvalue weighted by molar-refractivity contribution is 8.08. The highest BCUT2D eigenvalue weighted by atomic mass is 32.2. The molecule has 0 unspecified atom stereocenters. The van der Waals surface area contributed by atoms with E-state index in [1.807, 2.05) is 54.6 Å². The summed E-state index contributed by atoms with van der Waals surface area (Å²) < 4.78 is 0. The summed E-state index contributed by atoms with van der Waals surface area (Å²) in [6, 6.07) is 19.6. The Morgan fingerprint density at radius 1 is 1.06 bits per heavy atom. The second kappa shape index (κ2) is 5.95. The summed E-state index contributed by atoms with van der Waals surface area (Å²) in [5, 5.41) is 8.87. The van der Waals surface area contributed by atoms with E-state index in [1.165, 1.54) is 11.8 Å². The maximum absolute atomic E-state index is 8.87. The number of nitrogen functional groups attached to an aromatic ring is 1. The average molecular weight is 252 g/mol. The van der Waals surface area contributed by atoms with E-state index in [0.29, 0.717) is 0 Å². The van der Waals surface area contributed by atoms with Crippen LogP contribution in [-0.4, -0.2) is 0 Å². The third-order valence-electron chi connectivity index (χ3n) is 2.39. The Kier molecular flexibility index (Phi) is 4.06. The van der Waals surface area contributed by atoms with Gasteiger partial charge in [0.25, 0.3) is 0 Å². The summed E-state index contributed by atoms with van der Waals surface area (Å²) in [5.41, 5.74) is 7.66. The number of anilines is 1. The smallest absolute Gasteiger partial charge is 0.0924 e. The summed E-state index contributed by atoms with van der Waals surface area (Å²) in [7, 11) is 0. The highest BCUT2D eigenvalue weighted by Gasteiger charge is 2.06. The Balaban J connectivity index is 2.33. The summed E-state index contributed by atoms with van der Waals surface area (Å²) >= 11 is 1.51. The third-order valence-corrected chi connectivity index (χ3v) is 3.56. The van der Waals surface area contributed by atoms with Crippen molar-refractivity contribution in [1.29, 1.82) is 5.26 Å². The van der Waals surface area contributed by atoms with Gasteiger partial charge in [-0.25, -0.2) is 0 Å². The zero-order valence-electron chi connectivity index (χ0n) is 9.71. The molecule has 0 saturated carbocycles. The van der Waals surface area contributed by atoms with Crippen molar-refractivity contribution in [3.05, 3.63) is 66.2 Å². The molecule has 0 radical (unpaired) electrons. The molecular formula is C15H12N2S. The Morgan fingerprint density at radius 2 is 1.72 bits per heavy atom. The lowest BCUT2D eigenvalue weighted by Crippen LogP contribution is -1.88. The molecule has 0 aliphatic rings. The quantitative estimate of drug-likeness (QED) is 0.511. The van der Waals surface area contributed by atoms with E-state index in [1.54, 1.807) is 6.08 Å². The number of para-hydroxylation sites is 1. The number of nitriles is 1. The molecule has 0 saturated heterocycles. The van der Waals surface area contributed by atoms with Crippen LogP contribution >= 0.6 is 11.8 Å². The molecule has 0 aliphatic heterocycles. The van der Waals surface area contributed by atoms with Crippen LogP contribution in [0.5, 0.6) is 0 Å². The first-order valence-corrected chi connectivity index (χ1v) is 6.30. The molecule has 2 rings (SSSR count). The molecule has 2 nitrogen and oxygen atoms in total. The van der Waals surface area contributed by atoms with E-state index in [0.717, 1.165) is 21.1 Å². The molecule has 0 heterocycles. The number of nitrogens with two attached hydrogens (primary N) is 1. The second-order valence-corrected chi connectivity index (χ2v) is 4.73. The largest absolute Gasteiger partial charge is 0.398 e. The minimum absolute atomic E-state index is 0.724. The van der Waals surface area contributed by atoms with E-state index in [2.05, 4.69) is 6.07 Å². The fourth-order valence-electron chi connectivity index (χ4n) is 1.52. The SMILES string of the molecule is N#C/C=C(\Sc1ccccc1N)c1ccccc1. The Morgan fingerprint density at radius 3 is 2.39 bits per heavy atom. The van der Waals surface area contributed by atoms with Crippen LogP contribution in [0.3, 0.4) is 0 Å². The molecule has 0 bridgehead atoms. The monoisotopic (exact) mass is 252 g/mol. The molecule has 0 amide bonds. The van der Waals surface area contributed by atoms with Crippen LogP contribution in [0.2, 0.25) is 0 Å². The maximum Gasteiger partial charge on any atom is 0.0924 e. The van der Waals surface area contributed by atoms with Crippen molar-refractivity contribution >= 4 is 22.4 Å². The first-order valence-electron chi connectivity index (χ1n) is 5.49. The number of rotatable bonds is 3. The van der Waals surface area contributed by atoms with Gasteiger partial charge in [-0.1, -0.05) is 54.2 Å². The van der Waals surface area contributed by atoms with Gasteiger partial charge in [0, 0.05) is 21.6 Å². The zero-order chi connectivity index (χ0) is 12.8. The molecule has 2 N–H and O–H groups in total. The molecule has 0 atom stereocenters. The van der Waals surface area contributed by atoms with Crippen LogP contribution in [-0.2, 0) is 0 Å². The van der Waals surface area contributed by atoms with Crippen LogP contribution < -0.4 is 5.73 Å². The van der Waals surface area contributed by atoms with Gasteiger partial charge in [-0.05, 0) is 17.7 Å². The predicted octanol–water partition coefficient (Wildman–Crippen LogP) is 3.93. The van der Waals surface area contributed by atoms with Crippen LogP contribution in [0.1, 0.15) is 5.56 Å². The van der Waals surface area contributed by atoms with Gasteiger partial charge in [0.05, 0.1) is 6.07 Å². The summed E-state index contributed by atoms with van der Waals surface area (Å²) in [6.07, 6.45) is 1.55. The molecule has 0 spiro atoms. The fraction of sp³-hybridized carbons (Fsp3) is 0. The predicted molar refractivity (Wildman–Crippen MR) is 76.7 cm³/mol. The lowest BCUT2D eigenvalue weighted by Gasteiger charge is -2.08. The molecule has 0 aliphatic carbocycles. The van der Waals surface area contributed by atoms with Gasteiger partial charge in [-0.2, -0.15) is 5.26 Å². The Labute approximate surface area is 111 Å². The zero-order valence-corrected chi connectivity index (χ0v) is 10.5. The molecule has 0 aromatic heterocycles. The maximum atomic E-state index is 8.87. The van der Waals surface area contributed by atoms with Crippen molar-refractivity contribution in [3.63, 3.8) is 0 Å². The molecule has 88 valence electrons. The summed E-state index contributed by atoms with van der Waals surface area (Å²) in [6.45, 7) is 0. The number of hydrogen-bond acceptors (Lipinski definition) is 3. The van der Waals surface area contributed by atoms with Gasteiger partial charge in [-0.3, -0.25) is 0 Å². The van der Waals surface area contributed by atoms with E-state index in [4.69, 9.17) is 11.0 Å². The minimum Gasteiger partial charge on any atom is -0.398 e. The van der Waals surface area contributed by atoms with Crippen LogP contribution in [0.4, 0.5) is 5.69 Å². The minimum atomic E-state index is 0.724. The third kappa shape index (κ3) is 2.93. The van der Waals surface area contributed by atoms with Crippen molar-refractivity contribution < 1.29 is 0 Å². The number of allylic oxidation sites excluding steroid dienone is 1. The topological polar surface area (TPSA) is 49.8 Å². The van der Waals surface area contributed by atoms with Gasteiger partial charge < -0.3 is 5.73 Å². The van der Waals surface area contributed by atoms with Crippen molar-refractivity contribution in [3.8, 4) is 6.07 Å². The molecule has 3 heteroatoms. The first-order chi connectivity index (χ1) is 8.81. The molecular weight excluding hydrogens is 240 g/mol. The molecule has 2 aromatic rings. The van der Waals surface area contributed by atoms with E-state index in [9.17, 15) is 0 Å². The lowest BCUT2D eigenvalue weighted by molar-refractivity contribution is 1.47. The van der Waals surface area contributed by atoms with Gasteiger partial charge in [-0.15, -0.1) is 0 Å². The van der Waals surface area contributed by atoms with Crippen LogP contribution in [0.15, 0.2) is 65.6 Å². The lowest BCUT2D eigenvalue weighted by atomic mass is 10.2. The summed E-state index contributed by atoms with van der Waals surface area (Å²) in [5.74, 6) is 0. The van der Waals surface area contributed by atoms with E-state index >= 15 is 0 Å². The standard InChI is InChI=1S/C15H12N2S/c16-11-10-14(12-6-2-1-3-7-12)18-15-9-5-4-8-13(15)17/h1-10H,17H2/b14-10-. The Bertz CT molecular complexity index is 597. The number of benzene rings is 2. The molecule has 18 heavy (non-hydrogen) atoms. The van der Waals surface area contributed by atoms with Crippen LogP contribution in [0.25, 0.3) is 4.91 Å². The number of nitrogens with zero attached hydrogens (tertiary/aromatic N) is 1. The van der Waals surface area contributed by atoms with E-state index in [-0.39, 0.29) is 0 Å². The molecule has 2 aromatic carbocycles. The first kappa shape index (κ1) is 12.3. The number of hydrogen-bond donors (Lipinski definition) is 1. The van der Waals surface area contributed by atoms with Crippen molar-refractivity contribution in [1.82, 2.24) is 0 Å². The highest BCUT2D eigenvalue weighted by Crippen LogP contribution is 2.36. The summed E-state index contributed by atoms with van der Waals surface area (Å²) in [4.78, 5) is 1.86. The second-order valence-electron chi connectivity index (χ2n) is 3.64. The Hall–Kier alpha value is -2.18. The molecule has 0 fully saturated rings. The van der Waals surface area contributed by atoms with Gasteiger partial charge >= 0.3 is 0 Å². The average Bonchev–Trinajstić information content (AvgIpc) is 2.42.